The first-order chi connectivity index (χ1) is 14.3. The highest BCUT2D eigenvalue weighted by molar-refractivity contribution is 7.92. The molecule has 0 unspecified atom stereocenters. The van der Waals surface area contributed by atoms with Gasteiger partial charge in [0, 0.05) is 28.8 Å². The number of hydrogen-bond acceptors (Lipinski definition) is 4. The number of anilines is 1. The number of benzene rings is 3. The summed E-state index contributed by atoms with van der Waals surface area (Å²) in [6.45, 7) is 0.728. The lowest BCUT2D eigenvalue weighted by Gasteiger charge is -2.18. The quantitative estimate of drug-likeness (QED) is 0.604. The van der Waals surface area contributed by atoms with Gasteiger partial charge in [0.05, 0.1) is 17.1 Å². The third kappa shape index (κ3) is 4.15. The van der Waals surface area contributed by atoms with Crippen LogP contribution in [0, 0.1) is 0 Å². The number of sulfonamides is 1. The number of fused-ring (bicyclic) bond motifs is 1. The zero-order chi connectivity index (χ0) is 21.3. The number of ether oxygens (including phenoxy) is 1. The molecule has 3 aromatic rings. The van der Waals surface area contributed by atoms with Gasteiger partial charge in [-0.25, -0.2) is 13.2 Å². The van der Waals surface area contributed by atoms with Crippen LogP contribution in [0.3, 0.4) is 0 Å². The summed E-state index contributed by atoms with van der Waals surface area (Å²) >= 11 is 5.85. The normalized spacial score (nSPS) is 16.6. The van der Waals surface area contributed by atoms with E-state index >= 15 is 0 Å². The fraction of sp³-hybridized carbons (Fsp3) is 0.190. The molecule has 30 heavy (non-hydrogen) atoms. The summed E-state index contributed by atoms with van der Waals surface area (Å²) in [7, 11) is -3.79. The highest BCUT2D eigenvalue weighted by atomic mass is 35.5. The fourth-order valence-electron chi connectivity index (χ4n) is 3.46. The number of likely N-dealkylation sites (tertiary alicyclic amines) is 1. The monoisotopic (exact) mass is 446 g/mol. The van der Waals surface area contributed by atoms with Crippen molar-refractivity contribution in [3.8, 4) is 5.75 Å². The molecule has 7 nitrogen and oxygen atoms in total. The smallest absolute Gasteiger partial charge is 0.407 e. The van der Waals surface area contributed by atoms with Gasteiger partial charge in [0.1, 0.15) is 11.9 Å². The van der Waals surface area contributed by atoms with Crippen LogP contribution in [0.25, 0.3) is 10.8 Å². The third-order valence-electron chi connectivity index (χ3n) is 4.96. The van der Waals surface area contributed by atoms with Gasteiger partial charge >= 0.3 is 6.09 Å². The first kappa shape index (κ1) is 20.3. The summed E-state index contributed by atoms with van der Waals surface area (Å²) in [6.07, 6.45) is -0.606. The van der Waals surface area contributed by atoms with Gasteiger partial charge in [-0.15, -0.1) is 0 Å². The lowest BCUT2D eigenvalue weighted by Crippen LogP contribution is -2.29. The van der Waals surface area contributed by atoms with E-state index in [4.69, 9.17) is 21.4 Å². The Morgan fingerprint density at radius 2 is 1.77 bits per heavy atom. The second kappa shape index (κ2) is 8.04. The molecule has 9 heteroatoms. The highest BCUT2D eigenvalue weighted by Gasteiger charge is 2.28. The topological polar surface area (TPSA) is 95.9 Å². The number of carboxylic acid groups (broad SMARTS) is 1. The summed E-state index contributed by atoms with van der Waals surface area (Å²) in [5.41, 5.74) is 0.423. The average molecular weight is 447 g/mol. The van der Waals surface area contributed by atoms with Crippen molar-refractivity contribution in [2.24, 2.45) is 0 Å². The minimum atomic E-state index is -3.79. The van der Waals surface area contributed by atoms with Crippen molar-refractivity contribution in [2.75, 3.05) is 17.8 Å². The molecule has 0 spiro atoms. The maximum absolute atomic E-state index is 12.8. The van der Waals surface area contributed by atoms with Gasteiger partial charge < -0.3 is 14.7 Å². The van der Waals surface area contributed by atoms with Gasteiger partial charge in [-0.2, -0.15) is 0 Å². The molecule has 4 rings (SSSR count). The lowest BCUT2D eigenvalue weighted by atomic mass is 10.1. The summed E-state index contributed by atoms with van der Waals surface area (Å²) in [6, 6.07) is 16.6. The molecular formula is C21H19ClN2O5S. The Balaban J connectivity index is 1.63. The van der Waals surface area contributed by atoms with E-state index in [1.54, 1.807) is 18.2 Å². The van der Waals surface area contributed by atoms with Crippen molar-refractivity contribution in [3.63, 3.8) is 0 Å². The molecule has 0 saturated carbocycles. The molecule has 1 saturated heterocycles. The van der Waals surface area contributed by atoms with Crippen LogP contribution in [0.4, 0.5) is 10.5 Å². The molecule has 1 fully saturated rings. The molecule has 1 aliphatic heterocycles. The lowest BCUT2D eigenvalue weighted by molar-refractivity contribution is 0.146. The average Bonchev–Trinajstić information content (AvgIpc) is 3.19. The summed E-state index contributed by atoms with van der Waals surface area (Å²) < 4.78 is 34.2. The maximum Gasteiger partial charge on any atom is 0.407 e. The fourth-order valence-corrected chi connectivity index (χ4v) is 4.66. The van der Waals surface area contributed by atoms with Crippen LogP contribution in [0.15, 0.2) is 65.6 Å². The second-order valence-electron chi connectivity index (χ2n) is 6.97. The van der Waals surface area contributed by atoms with Crippen LogP contribution >= 0.6 is 11.6 Å². The van der Waals surface area contributed by atoms with E-state index in [1.807, 2.05) is 18.2 Å². The van der Waals surface area contributed by atoms with Crippen molar-refractivity contribution < 1.29 is 23.1 Å². The van der Waals surface area contributed by atoms with E-state index in [9.17, 15) is 13.2 Å². The Morgan fingerprint density at radius 3 is 2.43 bits per heavy atom. The number of carbonyl (C=O) groups is 1. The SMILES string of the molecule is O=C(O)N1CC[C@H](Oc2ccc(NS(=O)(=O)c3ccc(Cl)cc3)c3ccccc23)C1. The Hall–Kier alpha value is -2.97. The van der Waals surface area contributed by atoms with Crippen LogP contribution in [-0.2, 0) is 10.0 Å². The van der Waals surface area contributed by atoms with Crippen molar-refractivity contribution in [1.29, 1.82) is 0 Å². The van der Waals surface area contributed by atoms with Crippen LogP contribution in [0.2, 0.25) is 5.02 Å². The molecule has 1 amide bonds. The summed E-state index contributed by atoms with van der Waals surface area (Å²) in [5, 5.41) is 11.0. The Bertz CT molecular complexity index is 1200. The first-order valence-electron chi connectivity index (χ1n) is 9.28. The van der Waals surface area contributed by atoms with Crippen LogP contribution < -0.4 is 9.46 Å². The van der Waals surface area contributed by atoms with Crippen LogP contribution in [0.5, 0.6) is 5.75 Å². The van der Waals surface area contributed by atoms with E-state index in [2.05, 4.69) is 4.72 Å². The maximum atomic E-state index is 12.8. The minimum Gasteiger partial charge on any atom is -0.488 e. The molecule has 1 aliphatic rings. The Kier molecular flexibility index (Phi) is 5.44. The Labute approximate surface area is 178 Å². The molecule has 0 radical (unpaired) electrons. The van der Waals surface area contributed by atoms with E-state index in [0.717, 1.165) is 5.39 Å². The predicted molar refractivity (Wildman–Crippen MR) is 115 cm³/mol. The number of amides is 1. The van der Waals surface area contributed by atoms with E-state index in [1.165, 1.54) is 29.2 Å². The minimum absolute atomic E-state index is 0.107. The van der Waals surface area contributed by atoms with Crippen LogP contribution in [0.1, 0.15) is 6.42 Å². The molecule has 2 N–H and O–H groups in total. The number of halogens is 1. The molecule has 156 valence electrons. The molecule has 1 heterocycles. The number of nitrogens with zero attached hydrogens (tertiary/aromatic N) is 1. The highest BCUT2D eigenvalue weighted by Crippen LogP contribution is 2.34. The van der Waals surface area contributed by atoms with Gasteiger partial charge in [0.2, 0.25) is 0 Å². The molecule has 1 atom stereocenters. The Morgan fingerprint density at radius 1 is 1.07 bits per heavy atom. The third-order valence-corrected chi connectivity index (χ3v) is 6.59. The standard InChI is InChI=1S/C21H19ClN2O5S/c22-14-5-7-16(8-6-14)30(27,28)23-19-9-10-20(18-4-2-1-3-17(18)19)29-15-11-12-24(13-15)21(25)26/h1-10,15,23H,11-13H2,(H,25,26)/t15-/m0/s1. The molecule has 0 aliphatic carbocycles. The zero-order valence-corrected chi connectivity index (χ0v) is 17.4. The predicted octanol–water partition coefficient (Wildman–Crippen LogP) is 4.43. The van der Waals surface area contributed by atoms with Gasteiger partial charge in [-0.05, 0) is 36.4 Å². The first-order valence-corrected chi connectivity index (χ1v) is 11.1. The molecule has 0 aromatic heterocycles. The van der Waals surface area contributed by atoms with Crippen LogP contribution in [-0.4, -0.2) is 43.7 Å². The molecule has 3 aromatic carbocycles. The van der Waals surface area contributed by atoms with Gasteiger partial charge in [-0.1, -0.05) is 35.9 Å². The van der Waals surface area contributed by atoms with Crippen molar-refractivity contribution >= 4 is 44.2 Å². The van der Waals surface area contributed by atoms with Gasteiger partial charge in [0.15, 0.2) is 0 Å². The van der Waals surface area contributed by atoms with E-state index in [-0.39, 0.29) is 11.0 Å². The summed E-state index contributed by atoms with van der Waals surface area (Å²) in [4.78, 5) is 12.6. The molecule has 0 bridgehead atoms. The largest absolute Gasteiger partial charge is 0.488 e. The summed E-state index contributed by atoms with van der Waals surface area (Å²) in [5.74, 6) is 0.581. The number of hydrogen-bond donors (Lipinski definition) is 2. The van der Waals surface area contributed by atoms with E-state index in [0.29, 0.717) is 41.4 Å². The zero-order valence-electron chi connectivity index (χ0n) is 15.8. The van der Waals surface area contributed by atoms with Crippen molar-refractivity contribution in [3.05, 3.63) is 65.7 Å². The van der Waals surface area contributed by atoms with Gasteiger partial charge in [-0.3, -0.25) is 4.72 Å². The number of nitrogens with one attached hydrogen (secondary N) is 1. The van der Waals surface area contributed by atoms with Crippen molar-refractivity contribution in [1.82, 2.24) is 4.90 Å². The van der Waals surface area contributed by atoms with Gasteiger partial charge in [0.25, 0.3) is 10.0 Å². The van der Waals surface area contributed by atoms with Crippen molar-refractivity contribution in [2.45, 2.75) is 17.4 Å². The van der Waals surface area contributed by atoms with E-state index < -0.39 is 16.1 Å². The number of rotatable bonds is 5. The molecular weight excluding hydrogens is 428 g/mol. The second-order valence-corrected chi connectivity index (χ2v) is 9.09.